The molecular weight excluding hydrogens is 250 g/mol. The van der Waals surface area contributed by atoms with Crippen LogP contribution in [-0.4, -0.2) is 17.9 Å². The van der Waals surface area contributed by atoms with Gasteiger partial charge >= 0.3 is 0 Å². The minimum atomic E-state index is 0.000746. The third-order valence-corrected chi connectivity index (χ3v) is 4.13. The lowest BCUT2D eigenvalue weighted by Gasteiger charge is -2.19. The molecule has 1 fully saturated rings. The molecule has 0 amide bonds. The fourth-order valence-corrected chi connectivity index (χ4v) is 3.08. The van der Waals surface area contributed by atoms with Gasteiger partial charge in [0.2, 0.25) is 0 Å². The molecule has 0 radical (unpaired) electrons. The number of nitrogens with zero attached hydrogens (tertiary/aromatic N) is 1. The fourth-order valence-electron chi connectivity index (χ4n) is 3.08. The normalized spacial score (nSPS) is 25.7. The molecule has 1 heterocycles. The Balaban J connectivity index is 1.65. The van der Waals surface area contributed by atoms with E-state index in [1.807, 2.05) is 24.3 Å². The number of oxime groups is 1. The largest absolute Gasteiger partial charge is 0.392 e. The lowest BCUT2D eigenvalue weighted by molar-refractivity contribution is 0.0744. The number of rotatable bonds is 6. The lowest BCUT2D eigenvalue weighted by Crippen LogP contribution is -2.30. The van der Waals surface area contributed by atoms with Crippen LogP contribution in [0.2, 0.25) is 0 Å². The van der Waals surface area contributed by atoms with Gasteiger partial charge in [-0.2, -0.15) is 0 Å². The molecule has 106 valence electrons. The van der Waals surface area contributed by atoms with Gasteiger partial charge in [0.15, 0.2) is 0 Å². The van der Waals surface area contributed by atoms with Crippen molar-refractivity contribution in [1.82, 2.24) is 0 Å². The first-order valence-corrected chi connectivity index (χ1v) is 7.38. The number of hydrogen-bond donors (Lipinski definition) is 0. The average molecular weight is 271 g/mol. The Kier molecular flexibility index (Phi) is 4.16. The van der Waals surface area contributed by atoms with Gasteiger partial charge in [-0.1, -0.05) is 41.6 Å². The third-order valence-electron chi connectivity index (χ3n) is 4.13. The molecule has 0 unspecified atom stereocenters. The van der Waals surface area contributed by atoms with Crippen LogP contribution in [0.5, 0.6) is 0 Å². The van der Waals surface area contributed by atoms with Gasteiger partial charge in [-0.15, -0.1) is 6.58 Å². The highest BCUT2D eigenvalue weighted by Crippen LogP contribution is 2.36. The van der Waals surface area contributed by atoms with Gasteiger partial charge in [0.05, 0.1) is 12.3 Å². The molecule has 0 bridgehead atoms. The van der Waals surface area contributed by atoms with Crippen LogP contribution in [0, 0.1) is 5.92 Å². The van der Waals surface area contributed by atoms with Crippen molar-refractivity contribution in [2.24, 2.45) is 11.1 Å². The average Bonchev–Trinajstić information content (AvgIpc) is 3.08. The summed E-state index contributed by atoms with van der Waals surface area (Å²) < 4.78 is 6.08. The van der Waals surface area contributed by atoms with Gasteiger partial charge in [0.1, 0.15) is 12.2 Å². The van der Waals surface area contributed by atoms with Crippen LogP contribution in [0.25, 0.3) is 0 Å². The molecule has 3 atom stereocenters. The molecule has 0 spiro atoms. The van der Waals surface area contributed by atoms with E-state index in [0.29, 0.717) is 12.5 Å². The summed E-state index contributed by atoms with van der Waals surface area (Å²) in [5.74, 6) is 0.454. The predicted octanol–water partition coefficient (Wildman–Crippen LogP) is 3.70. The van der Waals surface area contributed by atoms with Crippen LogP contribution in [0.3, 0.4) is 0 Å². The van der Waals surface area contributed by atoms with Crippen LogP contribution in [0.15, 0.2) is 48.1 Å². The van der Waals surface area contributed by atoms with E-state index in [1.165, 1.54) is 18.4 Å². The SMILES string of the molecule is C=CC[C@@H](OCc1ccccc1)C1=NO[C@H]2CCC[C@@H]12. The van der Waals surface area contributed by atoms with Gasteiger partial charge in [-0.05, 0) is 31.2 Å². The van der Waals surface area contributed by atoms with E-state index in [0.717, 1.165) is 18.6 Å². The molecule has 0 aromatic heterocycles. The van der Waals surface area contributed by atoms with E-state index >= 15 is 0 Å². The highest BCUT2D eigenvalue weighted by molar-refractivity contribution is 5.92. The van der Waals surface area contributed by atoms with Crippen LogP contribution < -0.4 is 0 Å². The van der Waals surface area contributed by atoms with Crippen molar-refractivity contribution in [2.45, 2.75) is 44.5 Å². The maximum absolute atomic E-state index is 6.08. The maximum Gasteiger partial charge on any atom is 0.135 e. The molecule has 3 heteroatoms. The predicted molar refractivity (Wildman–Crippen MR) is 79.5 cm³/mol. The van der Waals surface area contributed by atoms with Gasteiger partial charge in [-0.3, -0.25) is 0 Å². The summed E-state index contributed by atoms with van der Waals surface area (Å²) in [7, 11) is 0. The van der Waals surface area contributed by atoms with E-state index in [1.54, 1.807) is 0 Å². The Morgan fingerprint density at radius 2 is 2.20 bits per heavy atom. The summed E-state index contributed by atoms with van der Waals surface area (Å²) in [4.78, 5) is 5.54. The molecular formula is C17H21NO2. The molecule has 3 nitrogen and oxygen atoms in total. The Morgan fingerprint density at radius 1 is 1.35 bits per heavy atom. The zero-order valence-corrected chi connectivity index (χ0v) is 11.7. The molecule has 2 aliphatic rings. The molecule has 1 aromatic carbocycles. The van der Waals surface area contributed by atoms with Crippen molar-refractivity contribution in [1.29, 1.82) is 0 Å². The van der Waals surface area contributed by atoms with Gasteiger partial charge in [0, 0.05) is 5.92 Å². The molecule has 20 heavy (non-hydrogen) atoms. The summed E-state index contributed by atoms with van der Waals surface area (Å²) in [6.07, 6.45) is 6.51. The van der Waals surface area contributed by atoms with Gasteiger partial charge in [-0.25, -0.2) is 0 Å². The first-order valence-electron chi connectivity index (χ1n) is 7.38. The molecule has 1 aromatic rings. The smallest absolute Gasteiger partial charge is 0.135 e. The zero-order valence-electron chi connectivity index (χ0n) is 11.7. The standard InChI is InChI=1S/C17H21NO2/c1-2-7-16(19-12-13-8-4-3-5-9-13)17-14-10-6-11-15(14)20-18-17/h2-5,8-9,14-16H,1,6-7,10-12H2/t14-,15+,16-/m1/s1. The van der Waals surface area contributed by atoms with Crippen molar-refractivity contribution in [3.63, 3.8) is 0 Å². The second-order valence-electron chi connectivity index (χ2n) is 5.51. The summed E-state index contributed by atoms with van der Waals surface area (Å²) in [6.45, 7) is 4.44. The molecule has 1 aliphatic heterocycles. The first-order chi connectivity index (χ1) is 9.88. The summed E-state index contributed by atoms with van der Waals surface area (Å²) in [6, 6.07) is 10.2. The minimum absolute atomic E-state index is 0.000746. The van der Waals surface area contributed by atoms with E-state index in [9.17, 15) is 0 Å². The maximum atomic E-state index is 6.08. The quantitative estimate of drug-likeness (QED) is 0.739. The number of ether oxygens (including phenoxy) is 1. The van der Waals surface area contributed by atoms with Crippen LogP contribution in [0.1, 0.15) is 31.2 Å². The van der Waals surface area contributed by atoms with E-state index in [2.05, 4.69) is 23.9 Å². The second-order valence-corrected chi connectivity index (χ2v) is 5.51. The van der Waals surface area contributed by atoms with E-state index in [-0.39, 0.29) is 12.2 Å². The van der Waals surface area contributed by atoms with Crippen molar-refractivity contribution >= 4 is 5.71 Å². The van der Waals surface area contributed by atoms with Crippen molar-refractivity contribution in [3.05, 3.63) is 48.6 Å². The molecule has 3 rings (SSSR count). The second kappa shape index (κ2) is 6.23. The number of fused-ring (bicyclic) bond motifs is 1. The summed E-state index contributed by atoms with van der Waals surface area (Å²) in [5.41, 5.74) is 2.27. The van der Waals surface area contributed by atoms with Crippen LogP contribution >= 0.6 is 0 Å². The highest BCUT2D eigenvalue weighted by Gasteiger charge is 2.41. The summed E-state index contributed by atoms with van der Waals surface area (Å²) >= 11 is 0. The van der Waals surface area contributed by atoms with Gasteiger partial charge in [0.25, 0.3) is 0 Å². The van der Waals surface area contributed by atoms with Crippen LogP contribution in [0.4, 0.5) is 0 Å². The Morgan fingerprint density at radius 3 is 3.00 bits per heavy atom. The van der Waals surface area contributed by atoms with E-state index < -0.39 is 0 Å². The van der Waals surface area contributed by atoms with Crippen molar-refractivity contribution < 1.29 is 9.57 Å². The molecule has 1 saturated carbocycles. The Labute approximate surface area is 120 Å². The summed E-state index contributed by atoms with van der Waals surface area (Å²) in [5, 5.41) is 4.30. The molecule has 0 N–H and O–H groups in total. The fraction of sp³-hybridized carbons (Fsp3) is 0.471. The highest BCUT2D eigenvalue weighted by atomic mass is 16.6. The Bertz CT molecular complexity index is 483. The number of hydrogen-bond acceptors (Lipinski definition) is 3. The topological polar surface area (TPSA) is 30.8 Å². The molecule has 0 saturated heterocycles. The number of benzene rings is 1. The minimum Gasteiger partial charge on any atom is -0.392 e. The van der Waals surface area contributed by atoms with Crippen molar-refractivity contribution in [3.8, 4) is 0 Å². The first kappa shape index (κ1) is 13.4. The van der Waals surface area contributed by atoms with Crippen molar-refractivity contribution in [2.75, 3.05) is 0 Å². The third kappa shape index (κ3) is 2.78. The van der Waals surface area contributed by atoms with E-state index in [4.69, 9.17) is 9.57 Å². The van der Waals surface area contributed by atoms with Gasteiger partial charge < -0.3 is 9.57 Å². The van der Waals surface area contributed by atoms with Crippen LogP contribution in [-0.2, 0) is 16.2 Å². The zero-order chi connectivity index (χ0) is 13.8. The Hall–Kier alpha value is -1.61. The molecule has 1 aliphatic carbocycles. The monoisotopic (exact) mass is 271 g/mol. The lowest BCUT2D eigenvalue weighted by atomic mass is 9.94.